The number of aryl methyl sites for hydroxylation is 1. The maximum atomic E-state index is 11.9. The van der Waals surface area contributed by atoms with Gasteiger partial charge in [0.25, 0.3) is 0 Å². The lowest BCUT2D eigenvalue weighted by Gasteiger charge is -2.38. The quantitative estimate of drug-likeness (QED) is 0.785. The van der Waals surface area contributed by atoms with E-state index in [2.05, 4.69) is 10.4 Å². The Balaban J connectivity index is 2.22. The van der Waals surface area contributed by atoms with Crippen molar-refractivity contribution in [3.8, 4) is 0 Å². The van der Waals surface area contributed by atoms with Crippen LogP contribution < -0.4 is 5.32 Å². The summed E-state index contributed by atoms with van der Waals surface area (Å²) in [7, 11) is 1.84. The summed E-state index contributed by atoms with van der Waals surface area (Å²) in [6, 6.07) is 1.20. The van der Waals surface area contributed by atoms with Crippen molar-refractivity contribution in [1.82, 2.24) is 20.0 Å². The molecule has 7 heteroatoms. The molecule has 19 heavy (non-hydrogen) atoms. The van der Waals surface area contributed by atoms with E-state index in [1.54, 1.807) is 10.9 Å². The smallest absolute Gasteiger partial charge is 0.305 e. The fourth-order valence-electron chi connectivity index (χ4n) is 2.54. The van der Waals surface area contributed by atoms with Gasteiger partial charge >= 0.3 is 5.97 Å². The zero-order valence-corrected chi connectivity index (χ0v) is 11.0. The third kappa shape index (κ3) is 2.76. The Bertz CT molecular complexity index is 485. The van der Waals surface area contributed by atoms with Crippen LogP contribution in [0.2, 0.25) is 0 Å². The largest absolute Gasteiger partial charge is 0.481 e. The number of aliphatic carboxylic acids is 1. The van der Waals surface area contributed by atoms with Crippen LogP contribution in [0, 0.1) is 0 Å². The van der Waals surface area contributed by atoms with E-state index in [1.807, 2.05) is 24.9 Å². The van der Waals surface area contributed by atoms with E-state index >= 15 is 0 Å². The SMILES string of the molecule is CC(c1ccnn1C)N1CCNC(=O)C1CC(=O)O. The summed E-state index contributed by atoms with van der Waals surface area (Å²) < 4.78 is 1.75. The Labute approximate surface area is 111 Å². The van der Waals surface area contributed by atoms with E-state index in [1.165, 1.54) is 0 Å². The molecule has 2 atom stereocenters. The van der Waals surface area contributed by atoms with Gasteiger partial charge in [0.15, 0.2) is 0 Å². The zero-order valence-electron chi connectivity index (χ0n) is 11.0. The van der Waals surface area contributed by atoms with Crippen LogP contribution in [-0.2, 0) is 16.6 Å². The van der Waals surface area contributed by atoms with E-state index in [0.717, 1.165) is 5.69 Å². The first kappa shape index (κ1) is 13.5. The van der Waals surface area contributed by atoms with Gasteiger partial charge in [-0.2, -0.15) is 5.10 Å². The summed E-state index contributed by atoms with van der Waals surface area (Å²) >= 11 is 0. The number of carboxylic acids is 1. The molecule has 7 nitrogen and oxygen atoms in total. The number of aromatic nitrogens is 2. The second-order valence-electron chi connectivity index (χ2n) is 4.70. The predicted octanol–water partition coefficient (Wildman–Crippen LogP) is -0.244. The van der Waals surface area contributed by atoms with E-state index in [-0.39, 0.29) is 18.4 Å². The average molecular weight is 266 g/mol. The molecule has 1 aliphatic heterocycles. The van der Waals surface area contributed by atoms with Gasteiger partial charge in [-0.05, 0) is 13.0 Å². The Morgan fingerprint density at radius 1 is 1.68 bits per heavy atom. The maximum absolute atomic E-state index is 11.9. The Morgan fingerprint density at radius 2 is 2.42 bits per heavy atom. The Morgan fingerprint density at radius 3 is 3.00 bits per heavy atom. The number of hydrogen-bond acceptors (Lipinski definition) is 4. The van der Waals surface area contributed by atoms with Crippen molar-refractivity contribution in [1.29, 1.82) is 0 Å². The Kier molecular flexibility index (Phi) is 3.84. The van der Waals surface area contributed by atoms with Gasteiger partial charge in [-0.25, -0.2) is 0 Å². The molecule has 0 bridgehead atoms. The van der Waals surface area contributed by atoms with Crippen molar-refractivity contribution in [2.45, 2.75) is 25.4 Å². The van der Waals surface area contributed by atoms with Gasteiger partial charge in [-0.1, -0.05) is 0 Å². The van der Waals surface area contributed by atoms with Crippen LogP contribution in [0.15, 0.2) is 12.3 Å². The van der Waals surface area contributed by atoms with Crippen molar-refractivity contribution >= 4 is 11.9 Å². The topological polar surface area (TPSA) is 87.5 Å². The summed E-state index contributed by atoms with van der Waals surface area (Å²) in [6.45, 7) is 3.14. The van der Waals surface area contributed by atoms with Gasteiger partial charge < -0.3 is 10.4 Å². The lowest BCUT2D eigenvalue weighted by Crippen LogP contribution is -2.56. The normalized spacial score (nSPS) is 22.0. The van der Waals surface area contributed by atoms with Gasteiger partial charge in [0.05, 0.1) is 12.1 Å². The van der Waals surface area contributed by atoms with Crippen LogP contribution in [0.4, 0.5) is 0 Å². The Hall–Kier alpha value is -1.89. The number of nitrogens with zero attached hydrogens (tertiary/aromatic N) is 3. The van der Waals surface area contributed by atoms with Crippen LogP contribution >= 0.6 is 0 Å². The molecule has 2 unspecified atom stereocenters. The van der Waals surface area contributed by atoms with E-state index in [4.69, 9.17) is 5.11 Å². The highest BCUT2D eigenvalue weighted by Crippen LogP contribution is 2.24. The van der Waals surface area contributed by atoms with Crippen molar-refractivity contribution < 1.29 is 14.7 Å². The molecule has 1 saturated heterocycles. The number of amides is 1. The first-order valence-electron chi connectivity index (χ1n) is 6.24. The van der Waals surface area contributed by atoms with Crippen molar-refractivity contribution in [3.63, 3.8) is 0 Å². The van der Waals surface area contributed by atoms with Crippen molar-refractivity contribution in [2.75, 3.05) is 13.1 Å². The molecule has 0 aliphatic carbocycles. The molecule has 0 radical (unpaired) electrons. The van der Waals surface area contributed by atoms with Gasteiger partial charge in [0, 0.05) is 32.4 Å². The number of piperazine rings is 1. The predicted molar refractivity (Wildman–Crippen MR) is 67.4 cm³/mol. The summed E-state index contributed by atoms with van der Waals surface area (Å²) in [5.41, 5.74) is 0.963. The molecule has 1 amide bonds. The highest BCUT2D eigenvalue weighted by Gasteiger charge is 2.35. The number of nitrogens with one attached hydrogen (secondary N) is 1. The highest BCUT2D eigenvalue weighted by molar-refractivity contribution is 5.86. The zero-order chi connectivity index (χ0) is 14.0. The van der Waals surface area contributed by atoms with Crippen LogP contribution in [0.1, 0.15) is 25.1 Å². The third-order valence-corrected chi connectivity index (χ3v) is 3.52. The third-order valence-electron chi connectivity index (χ3n) is 3.52. The van der Waals surface area contributed by atoms with Crippen LogP contribution in [0.25, 0.3) is 0 Å². The van der Waals surface area contributed by atoms with E-state index in [0.29, 0.717) is 13.1 Å². The molecule has 1 fully saturated rings. The summed E-state index contributed by atoms with van der Waals surface area (Å²) in [5.74, 6) is -1.19. The number of rotatable bonds is 4. The fourth-order valence-corrected chi connectivity index (χ4v) is 2.54. The molecule has 2 heterocycles. The lowest BCUT2D eigenvalue weighted by atomic mass is 10.0. The van der Waals surface area contributed by atoms with Gasteiger partial charge in [-0.15, -0.1) is 0 Å². The van der Waals surface area contributed by atoms with Crippen molar-refractivity contribution in [2.24, 2.45) is 7.05 Å². The molecule has 0 saturated carbocycles. The molecule has 2 N–H and O–H groups in total. The first-order valence-corrected chi connectivity index (χ1v) is 6.24. The maximum Gasteiger partial charge on any atom is 0.305 e. The molecular weight excluding hydrogens is 248 g/mol. The number of carbonyl (C=O) groups is 2. The first-order chi connectivity index (χ1) is 9.00. The number of carboxylic acid groups (broad SMARTS) is 1. The summed E-state index contributed by atoms with van der Waals surface area (Å²) in [6.07, 6.45) is 1.51. The standard InChI is InChI=1S/C12H18N4O3/c1-8(9-3-4-14-15(9)2)16-6-5-13-12(19)10(16)7-11(17)18/h3-4,8,10H,5-7H2,1-2H3,(H,13,19)(H,17,18). The molecule has 1 aromatic heterocycles. The molecule has 0 aromatic carbocycles. The monoisotopic (exact) mass is 266 g/mol. The summed E-state index contributed by atoms with van der Waals surface area (Å²) in [4.78, 5) is 24.7. The molecule has 1 aliphatic rings. The van der Waals surface area contributed by atoms with Gasteiger partial charge in [0.2, 0.25) is 5.91 Å². The number of carbonyl (C=O) groups excluding carboxylic acids is 1. The molecular formula is C12H18N4O3. The highest BCUT2D eigenvalue weighted by atomic mass is 16.4. The molecule has 1 aromatic rings. The minimum absolute atomic E-state index is 0.0529. The second kappa shape index (κ2) is 5.40. The van der Waals surface area contributed by atoms with E-state index in [9.17, 15) is 9.59 Å². The minimum atomic E-state index is -0.968. The lowest BCUT2D eigenvalue weighted by molar-refractivity contribution is -0.144. The second-order valence-corrected chi connectivity index (χ2v) is 4.70. The average Bonchev–Trinajstić information content (AvgIpc) is 2.77. The van der Waals surface area contributed by atoms with E-state index < -0.39 is 12.0 Å². The van der Waals surface area contributed by atoms with Gasteiger partial charge in [0.1, 0.15) is 6.04 Å². The molecule has 0 spiro atoms. The van der Waals surface area contributed by atoms with Crippen LogP contribution in [-0.4, -0.2) is 50.8 Å². The number of hydrogen-bond donors (Lipinski definition) is 2. The van der Waals surface area contributed by atoms with Crippen LogP contribution in [0.5, 0.6) is 0 Å². The molecule has 104 valence electrons. The molecule has 2 rings (SSSR count). The minimum Gasteiger partial charge on any atom is -0.481 e. The fraction of sp³-hybridized carbons (Fsp3) is 0.583. The summed E-state index contributed by atoms with van der Waals surface area (Å²) in [5, 5.41) is 15.8. The van der Waals surface area contributed by atoms with Crippen molar-refractivity contribution in [3.05, 3.63) is 18.0 Å². The van der Waals surface area contributed by atoms with Gasteiger partial charge in [-0.3, -0.25) is 19.2 Å². The van der Waals surface area contributed by atoms with Crippen LogP contribution in [0.3, 0.4) is 0 Å².